The highest BCUT2D eigenvalue weighted by Crippen LogP contribution is 2.40. The van der Waals surface area contributed by atoms with Crippen LogP contribution in [0.25, 0.3) is 115 Å². The number of aliphatic hydroxyl groups excluding tert-OH is 2. The highest BCUT2D eigenvalue weighted by atomic mass is 32.1. The minimum absolute atomic E-state index is 0.0912. The lowest BCUT2D eigenvalue weighted by Gasteiger charge is -2.18. The maximum absolute atomic E-state index is 13.1. The van der Waals surface area contributed by atoms with Gasteiger partial charge in [-0.2, -0.15) is 48.2 Å². The van der Waals surface area contributed by atoms with Crippen molar-refractivity contribution in [3.05, 3.63) is 347 Å². The Kier molecular flexibility index (Phi) is 32.6. The fourth-order valence-corrected chi connectivity index (χ4v) is 19.2. The third kappa shape index (κ3) is 23.5. The topological polar surface area (TPSA) is 402 Å². The minimum atomic E-state index is -0.514. The number of hydrogen-bond acceptors (Lipinski definition) is 24. The number of fused-ring (bicyclic) bond motifs is 5. The van der Waals surface area contributed by atoms with Crippen molar-refractivity contribution in [2.45, 2.75) is 64.8 Å². The second-order valence-corrected chi connectivity index (χ2v) is 36.5. The lowest BCUT2D eigenvalue weighted by molar-refractivity contribution is 0.0906. The van der Waals surface area contributed by atoms with Gasteiger partial charge < -0.3 is 69.3 Å². The van der Waals surface area contributed by atoms with E-state index in [-0.39, 0.29) is 42.7 Å². The van der Waals surface area contributed by atoms with Gasteiger partial charge in [0.25, 0.3) is 29.5 Å². The number of aryl methyl sites for hydroxylation is 3. The molecule has 0 bridgehead atoms. The molecule has 1 aliphatic carbocycles. The number of hydrogen-bond donors (Lipinski definition) is 12. The summed E-state index contributed by atoms with van der Waals surface area (Å²) in [6.45, 7) is 6.42. The molecular weight excluding hydrogens is 1880 g/mol. The number of furan rings is 2. The lowest BCUT2D eigenvalue weighted by Crippen LogP contribution is -2.31. The van der Waals surface area contributed by atoms with Gasteiger partial charge in [-0.3, -0.25) is 49.5 Å². The van der Waals surface area contributed by atoms with E-state index in [9.17, 15) is 34.2 Å². The molecule has 141 heavy (non-hydrogen) atoms. The van der Waals surface area contributed by atoms with Gasteiger partial charge in [0.1, 0.15) is 40.3 Å². The van der Waals surface area contributed by atoms with Gasteiger partial charge in [-0.25, -0.2) is 0 Å². The summed E-state index contributed by atoms with van der Waals surface area (Å²) < 4.78 is 38.5. The molecule has 7 aromatic carbocycles. The molecule has 12 aromatic heterocycles. The zero-order valence-corrected chi connectivity index (χ0v) is 81.8. The molecule has 1 aliphatic rings. The molecule has 1 saturated carbocycles. The molecule has 0 aliphatic heterocycles. The number of benzene rings is 7. The van der Waals surface area contributed by atoms with Crippen molar-refractivity contribution in [3.8, 4) is 28.7 Å². The summed E-state index contributed by atoms with van der Waals surface area (Å²) in [6, 6.07) is 53.1. The van der Waals surface area contributed by atoms with Crippen LogP contribution in [-0.2, 0) is 13.1 Å². The predicted molar refractivity (Wildman–Crippen MR) is 561 cm³/mol. The second kappa shape index (κ2) is 46.8. The molecule has 2 atom stereocenters. The number of rotatable bonds is 31. The first-order valence-electron chi connectivity index (χ1n) is 44.6. The lowest BCUT2D eigenvalue weighted by atomic mass is 10.0. The largest absolute Gasteiger partial charge is 0.495 e. The first kappa shape index (κ1) is 98.0. The van der Waals surface area contributed by atoms with Gasteiger partial charge in [0.05, 0.1) is 197 Å². The Bertz CT molecular complexity index is 7660. The van der Waals surface area contributed by atoms with Crippen molar-refractivity contribution in [2.24, 2.45) is 0 Å². The summed E-state index contributed by atoms with van der Waals surface area (Å²) in [7, 11) is 7.77. The van der Waals surface area contributed by atoms with Crippen molar-refractivity contribution >= 4 is 201 Å². The van der Waals surface area contributed by atoms with Gasteiger partial charge in [0.15, 0.2) is 0 Å². The average Bonchev–Trinajstić information content (AvgIpc) is 1.69. The van der Waals surface area contributed by atoms with E-state index in [1.807, 2.05) is 173 Å². The van der Waals surface area contributed by atoms with Crippen molar-refractivity contribution in [1.29, 1.82) is 0 Å². The van der Waals surface area contributed by atoms with Crippen molar-refractivity contribution < 1.29 is 66.7 Å². The fraction of sp³-hybridized carbons (Fsp3) is 0.159. The summed E-state index contributed by atoms with van der Waals surface area (Å²) in [5.41, 5.74) is 17.3. The summed E-state index contributed by atoms with van der Waals surface area (Å²) in [5.74, 6) is 2.58. The highest BCUT2D eigenvalue weighted by Gasteiger charge is 2.30. The number of ether oxygens (including phenoxy) is 5. The number of carbonyl (C=O) groups excluding carboxylic acids is 5. The maximum Gasteiger partial charge on any atom is 0.255 e. The number of methoxy groups -OCH3 is 5. The standard InChI is InChI=1S/C24H23N3O3S.C23H21N3O3S.C21H19N3O3S.C20H17N3O3S.C19H19N3O2S/c1-15-12-13-31-21(15)11-10-19-22-18(26-27-19)9-8-17(23(22)30-2)24(29)25-20(14-28)16-6-4-3-5-7-16;1-29-22-17(23(28)24-20(13-27)16-5-3-2-4-6-16)8-10-19-21(22)18(25-26-19)9-7-15-11-12-30-14-15;1-13-9-11-28-18(13)8-7-17-19-16(23-24-17)6-5-15(20(19)26-2)21(25)22-12-14-4-3-10-27-14;1-25-19-15(20(24)21-11-14-3-2-9-26-14)5-7-17-18(19)16(22-23-17)6-4-13-8-10-27-12-13;1-11-9-10-25-16(11)8-7-15-17-14(21-22-15)6-5-13(18(17)24-2)19(23)20-12-3-4-12/h3-13,20,28H,14H2,1-2H3,(H,25,29)(H,26,27);2-12,14,20,27H,13H2,1H3,(H,24,28)(H,25,26);3-11H,12H2,1-2H3,(H,22,25)(H,23,24);2-10,12H,11H2,1H3,(H,21,24)(H,22,23);5-10,12H,3-4H2,1-2H3,(H,20,23)(H,21,22)/b11-10+;9-7+;8-7+;6-4+;8-7+/t2*20-;;;/m11.../s1. The van der Waals surface area contributed by atoms with E-state index in [1.54, 1.807) is 151 Å². The van der Waals surface area contributed by atoms with Gasteiger partial charge in [0, 0.05) is 20.7 Å². The molecule has 29 nitrogen and oxygen atoms in total. The molecule has 12 N–H and O–H groups in total. The monoisotopic (exact) mass is 1980 g/mol. The molecule has 1 fully saturated rings. The Morgan fingerprint density at radius 3 is 0.936 bits per heavy atom. The van der Waals surface area contributed by atoms with E-state index < -0.39 is 12.1 Å². The molecule has 0 spiro atoms. The molecule has 34 heteroatoms. The SMILES string of the molecule is COc1c(C(=O)NC2CC2)ccc2n[nH]c(/C=C/c3sccc3C)c12.COc1c(C(=O)NCc2ccco2)ccc2n[nH]c(/C=C/c3ccsc3)c12.COc1c(C(=O)NCc2ccco2)ccc2n[nH]c(/C=C/c3sccc3C)c12.COc1c(C(=O)N[C@H](CO)c2ccccc2)ccc2n[nH]c(/C=C/c3ccsc3)c12.COc1c(C(=O)N[C@H](CO)c2ccccc2)ccc2n[nH]c(/C=C/c3sccc3C)c12. The van der Waals surface area contributed by atoms with Gasteiger partial charge in [-0.05, 0) is 274 Å². The molecule has 19 aromatic rings. The molecule has 0 unspecified atom stereocenters. The Morgan fingerprint density at radius 2 is 0.674 bits per heavy atom. The van der Waals surface area contributed by atoms with E-state index in [4.69, 9.17) is 32.5 Å². The number of aliphatic hydroxyl groups is 2. The van der Waals surface area contributed by atoms with E-state index in [1.165, 1.54) is 40.7 Å². The number of nitrogens with one attached hydrogen (secondary N) is 10. The molecule has 716 valence electrons. The van der Waals surface area contributed by atoms with Crippen LogP contribution in [0.2, 0.25) is 0 Å². The zero-order chi connectivity index (χ0) is 98.3. The number of aromatic amines is 5. The summed E-state index contributed by atoms with van der Waals surface area (Å²) in [5, 5.41) is 89.0. The zero-order valence-electron chi connectivity index (χ0n) is 77.8. The van der Waals surface area contributed by atoms with Crippen LogP contribution in [-0.4, -0.2) is 146 Å². The first-order chi connectivity index (χ1) is 68.9. The molecule has 0 saturated heterocycles. The Balaban J connectivity index is 0.000000127. The minimum Gasteiger partial charge on any atom is -0.495 e. The van der Waals surface area contributed by atoms with Crippen LogP contribution in [0.3, 0.4) is 0 Å². The van der Waals surface area contributed by atoms with Crippen LogP contribution in [0.5, 0.6) is 28.7 Å². The van der Waals surface area contributed by atoms with Crippen LogP contribution in [0.4, 0.5) is 0 Å². The molecule has 20 rings (SSSR count). The second-order valence-electron chi connectivity index (χ2n) is 32.1. The molecule has 5 amide bonds. The first-order valence-corrected chi connectivity index (χ1v) is 49.1. The van der Waals surface area contributed by atoms with E-state index in [0.717, 1.165) is 112 Å². The molecule has 12 heterocycles. The fourth-order valence-electron chi connectivity index (χ4n) is 15.5. The van der Waals surface area contributed by atoms with Crippen molar-refractivity contribution in [3.63, 3.8) is 0 Å². The quantitative estimate of drug-likeness (QED) is 0.0192. The smallest absolute Gasteiger partial charge is 0.255 e. The van der Waals surface area contributed by atoms with Crippen molar-refractivity contribution in [2.75, 3.05) is 48.8 Å². The summed E-state index contributed by atoms with van der Waals surface area (Å²) >= 11 is 8.29. The number of carbonyl (C=O) groups is 5. The predicted octanol–water partition coefficient (Wildman–Crippen LogP) is 21.8. The number of aromatic nitrogens is 10. The number of H-pyrrole nitrogens is 5. The normalized spacial score (nSPS) is 12.3. The van der Waals surface area contributed by atoms with Gasteiger partial charge in [-0.1, -0.05) is 72.8 Å². The number of amides is 5. The Hall–Kier alpha value is -16.1. The number of nitrogens with zero attached hydrogens (tertiary/aromatic N) is 5. The molecule has 0 radical (unpaired) electrons. The maximum atomic E-state index is 13.1. The Labute approximate surface area is 829 Å². The van der Waals surface area contributed by atoms with Crippen LogP contribution in [0, 0.1) is 20.8 Å². The van der Waals surface area contributed by atoms with Gasteiger partial charge in [0.2, 0.25) is 0 Å². The van der Waals surface area contributed by atoms with Crippen LogP contribution >= 0.6 is 56.7 Å². The van der Waals surface area contributed by atoms with Gasteiger partial charge >= 0.3 is 0 Å². The summed E-state index contributed by atoms with van der Waals surface area (Å²) in [6.07, 6.45) is 25.1. The van der Waals surface area contributed by atoms with E-state index in [0.29, 0.717) is 98.3 Å². The van der Waals surface area contributed by atoms with E-state index >= 15 is 0 Å². The van der Waals surface area contributed by atoms with Crippen molar-refractivity contribution in [1.82, 2.24) is 77.6 Å². The van der Waals surface area contributed by atoms with Crippen LogP contribution in [0.15, 0.2) is 235 Å². The van der Waals surface area contributed by atoms with Crippen LogP contribution < -0.4 is 50.3 Å². The number of thiophene rings is 5. The van der Waals surface area contributed by atoms with Gasteiger partial charge in [-0.15, -0.1) is 34.0 Å². The Morgan fingerprint density at radius 1 is 0.369 bits per heavy atom. The third-order valence-electron chi connectivity index (χ3n) is 22.9. The third-order valence-corrected chi connectivity index (χ3v) is 27.3. The van der Waals surface area contributed by atoms with E-state index in [2.05, 4.69) is 139 Å². The van der Waals surface area contributed by atoms with Crippen LogP contribution in [0.1, 0.15) is 170 Å². The average molecular weight is 1980 g/mol. The molecular formula is C107H99N15O14S5. The highest BCUT2D eigenvalue weighted by molar-refractivity contribution is 7.11. The summed E-state index contributed by atoms with van der Waals surface area (Å²) in [4.78, 5) is 67.5.